The first kappa shape index (κ1) is 10.1. The van der Waals surface area contributed by atoms with Crippen molar-refractivity contribution >= 4 is 17.1 Å². The summed E-state index contributed by atoms with van der Waals surface area (Å²) in [6.45, 7) is 0. The molecule has 0 unspecified atom stereocenters. The first-order valence-corrected chi connectivity index (χ1v) is 5.41. The molecule has 3 rings (SSSR count). The Morgan fingerprint density at radius 2 is 1.82 bits per heavy atom. The van der Waals surface area contributed by atoms with Crippen LogP contribution >= 0.6 is 11.6 Å². The van der Waals surface area contributed by atoms with E-state index in [2.05, 4.69) is 10.1 Å². The minimum absolute atomic E-state index is 0.203. The van der Waals surface area contributed by atoms with E-state index in [-0.39, 0.29) is 11.0 Å². The zero-order valence-electron chi connectivity index (χ0n) is 8.71. The zero-order chi connectivity index (χ0) is 11.8. The highest BCUT2D eigenvalue weighted by atomic mass is 35.5. The number of phenolic OH excluding ortho intramolecular Hbond substituents is 1. The highest BCUT2D eigenvalue weighted by Gasteiger charge is 2.06. The van der Waals surface area contributed by atoms with Gasteiger partial charge in [-0.1, -0.05) is 0 Å². The summed E-state index contributed by atoms with van der Waals surface area (Å²) in [7, 11) is 0. The van der Waals surface area contributed by atoms with E-state index in [1.165, 1.54) is 0 Å². The normalized spacial score (nSPS) is 10.9. The number of aromatic hydroxyl groups is 1. The number of halogens is 1. The summed E-state index contributed by atoms with van der Waals surface area (Å²) < 4.78 is 1.72. The predicted octanol–water partition coefficient (Wildman–Crippen LogP) is 2.76. The highest BCUT2D eigenvalue weighted by molar-refractivity contribution is 6.28. The van der Waals surface area contributed by atoms with Crippen LogP contribution in [-0.2, 0) is 0 Å². The maximum atomic E-state index is 9.26. The summed E-state index contributed by atoms with van der Waals surface area (Å²) in [6.07, 6.45) is 1.67. The minimum Gasteiger partial charge on any atom is -0.508 e. The van der Waals surface area contributed by atoms with E-state index in [4.69, 9.17) is 11.6 Å². The Kier molecular flexibility index (Phi) is 2.23. The van der Waals surface area contributed by atoms with Gasteiger partial charge in [0.1, 0.15) is 5.75 Å². The molecule has 5 heteroatoms. The summed E-state index contributed by atoms with van der Waals surface area (Å²) in [6, 6.07) is 10.8. The van der Waals surface area contributed by atoms with Gasteiger partial charge in [-0.15, -0.1) is 5.10 Å². The second-order valence-electron chi connectivity index (χ2n) is 3.63. The standard InChI is InChI=1S/C12H8ClN3O/c13-12-14-7-9-3-6-11(16(9)15-12)8-1-4-10(17)5-2-8/h1-7,17H. The molecule has 3 aromatic rings. The van der Waals surface area contributed by atoms with Gasteiger partial charge >= 0.3 is 0 Å². The van der Waals surface area contributed by atoms with Gasteiger partial charge in [0.25, 0.3) is 0 Å². The van der Waals surface area contributed by atoms with Gasteiger partial charge in [0, 0.05) is 5.56 Å². The molecule has 0 radical (unpaired) electrons. The van der Waals surface area contributed by atoms with Gasteiger partial charge in [0.05, 0.1) is 17.4 Å². The third kappa shape index (κ3) is 1.72. The summed E-state index contributed by atoms with van der Waals surface area (Å²) in [5.74, 6) is 0.238. The average Bonchev–Trinajstić information content (AvgIpc) is 2.73. The molecular weight excluding hydrogens is 238 g/mol. The van der Waals surface area contributed by atoms with Crippen LogP contribution in [-0.4, -0.2) is 19.7 Å². The smallest absolute Gasteiger partial charge is 0.241 e. The second-order valence-corrected chi connectivity index (χ2v) is 3.97. The summed E-state index contributed by atoms with van der Waals surface area (Å²) >= 11 is 5.78. The van der Waals surface area contributed by atoms with Crippen molar-refractivity contribution < 1.29 is 5.11 Å². The maximum Gasteiger partial charge on any atom is 0.241 e. The molecular formula is C12H8ClN3O. The van der Waals surface area contributed by atoms with Gasteiger partial charge in [-0.05, 0) is 48.0 Å². The van der Waals surface area contributed by atoms with Crippen molar-refractivity contribution in [2.45, 2.75) is 0 Å². The van der Waals surface area contributed by atoms with Crippen LogP contribution < -0.4 is 0 Å². The van der Waals surface area contributed by atoms with E-state index >= 15 is 0 Å². The quantitative estimate of drug-likeness (QED) is 0.717. The average molecular weight is 246 g/mol. The summed E-state index contributed by atoms with van der Waals surface area (Å²) in [4.78, 5) is 3.92. The van der Waals surface area contributed by atoms with E-state index in [0.29, 0.717) is 0 Å². The molecule has 0 saturated heterocycles. The molecule has 2 aromatic heterocycles. The Labute approximate surface area is 102 Å². The number of rotatable bonds is 1. The van der Waals surface area contributed by atoms with Crippen molar-refractivity contribution in [2.75, 3.05) is 0 Å². The molecule has 17 heavy (non-hydrogen) atoms. The number of aromatic nitrogens is 3. The van der Waals surface area contributed by atoms with Gasteiger partial charge in [0.2, 0.25) is 5.28 Å². The third-order valence-electron chi connectivity index (χ3n) is 2.53. The van der Waals surface area contributed by atoms with E-state index in [9.17, 15) is 5.11 Å². The Balaban J connectivity index is 2.23. The van der Waals surface area contributed by atoms with Crippen LogP contribution in [0.15, 0.2) is 42.6 Å². The van der Waals surface area contributed by atoms with Gasteiger partial charge in [-0.3, -0.25) is 0 Å². The van der Waals surface area contributed by atoms with Crippen molar-refractivity contribution in [3.05, 3.63) is 47.9 Å². The molecule has 0 atom stereocenters. The van der Waals surface area contributed by atoms with Crippen molar-refractivity contribution in [2.24, 2.45) is 0 Å². The fourth-order valence-corrected chi connectivity index (χ4v) is 1.86. The fraction of sp³-hybridized carbons (Fsp3) is 0. The summed E-state index contributed by atoms with van der Waals surface area (Å²) in [5.41, 5.74) is 2.74. The molecule has 1 aromatic carbocycles. The Bertz CT molecular complexity index is 676. The third-order valence-corrected chi connectivity index (χ3v) is 2.71. The lowest BCUT2D eigenvalue weighted by atomic mass is 10.1. The minimum atomic E-state index is 0.203. The second kappa shape index (κ2) is 3.75. The lowest BCUT2D eigenvalue weighted by molar-refractivity contribution is 0.475. The molecule has 0 saturated carbocycles. The van der Waals surface area contributed by atoms with E-state index < -0.39 is 0 Å². The van der Waals surface area contributed by atoms with Crippen LogP contribution in [0.4, 0.5) is 0 Å². The molecule has 1 N–H and O–H groups in total. The number of benzene rings is 1. The van der Waals surface area contributed by atoms with E-state index in [1.54, 1.807) is 22.8 Å². The highest BCUT2D eigenvalue weighted by Crippen LogP contribution is 2.23. The maximum absolute atomic E-state index is 9.26. The molecule has 0 amide bonds. The first-order chi connectivity index (χ1) is 8.24. The molecule has 4 nitrogen and oxygen atoms in total. The van der Waals surface area contributed by atoms with Crippen LogP contribution in [0.5, 0.6) is 5.75 Å². The monoisotopic (exact) mass is 245 g/mol. The number of phenols is 1. The van der Waals surface area contributed by atoms with Crippen molar-refractivity contribution in [1.29, 1.82) is 0 Å². The van der Waals surface area contributed by atoms with Crippen LogP contribution in [0, 0.1) is 0 Å². The Morgan fingerprint density at radius 1 is 1.06 bits per heavy atom. The van der Waals surface area contributed by atoms with E-state index in [1.807, 2.05) is 24.3 Å². The van der Waals surface area contributed by atoms with Crippen LogP contribution in [0.1, 0.15) is 0 Å². The van der Waals surface area contributed by atoms with Crippen LogP contribution in [0.2, 0.25) is 5.28 Å². The molecule has 0 aliphatic heterocycles. The first-order valence-electron chi connectivity index (χ1n) is 5.04. The number of hydrogen-bond donors (Lipinski definition) is 1. The topological polar surface area (TPSA) is 50.4 Å². The van der Waals surface area contributed by atoms with Gasteiger partial charge in [0.15, 0.2) is 0 Å². The van der Waals surface area contributed by atoms with Gasteiger partial charge < -0.3 is 5.11 Å². The number of fused-ring (bicyclic) bond motifs is 1. The van der Waals surface area contributed by atoms with Crippen molar-refractivity contribution in [3.8, 4) is 17.0 Å². The SMILES string of the molecule is Oc1ccc(-c2ccc3cnc(Cl)nn23)cc1. The predicted molar refractivity (Wildman–Crippen MR) is 65.1 cm³/mol. The largest absolute Gasteiger partial charge is 0.508 e. The number of nitrogens with zero attached hydrogens (tertiary/aromatic N) is 3. The molecule has 2 heterocycles. The lowest BCUT2D eigenvalue weighted by Gasteiger charge is -2.02. The summed E-state index contributed by atoms with van der Waals surface area (Å²) in [5, 5.41) is 13.6. The van der Waals surface area contributed by atoms with E-state index in [0.717, 1.165) is 16.8 Å². The molecule has 0 aliphatic rings. The van der Waals surface area contributed by atoms with Crippen LogP contribution in [0.3, 0.4) is 0 Å². The zero-order valence-corrected chi connectivity index (χ0v) is 9.46. The molecule has 0 spiro atoms. The number of hydrogen-bond acceptors (Lipinski definition) is 3. The Morgan fingerprint density at radius 3 is 2.59 bits per heavy atom. The van der Waals surface area contributed by atoms with Gasteiger partial charge in [-0.25, -0.2) is 9.50 Å². The molecule has 0 fully saturated rings. The van der Waals surface area contributed by atoms with Crippen molar-refractivity contribution in [1.82, 2.24) is 14.6 Å². The molecule has 84 valence electrons. The van der Waals surface area contributed by atoms with Gasteiger partial charge in [-0.2, -0.15) is 0 Å². The van der Waals surface area contributed by atoms with Crippen molar-refractivity contribution in [3.63, 3.8) is 0 Å². The lowest BCUT2D eigenvalue weighted by Crippen LogP contribution is -1.95. The molecule has 0 bridgehead atoms. The molecule has 0 aliphatic carbocycles. The Hall–Kier alpha value is -2.07. The van der Waals surface area contributed by atoms with Crippen LogP contribution in [0.25, 0.3) is 16.8 Å². The fourth-order valence-electron chi connectivity index (χ4n) is 1.73.